The number of hydrogen-bond acceptors (Lipinski definition) is 0. The molecule has 0 spiro atoms. The molecule has 3 aliphatic rings. The van der Waals surface area contributed by atoms with E-state index in [1.54, 1.807) is 5.57 Å². The van der Waals surface area contributed by atoms with Gasteiger partial charge >= 0.3 is 0 Å². The minimum atomic E-state index is 1.11. The smallest absolute Gasteiger partial charge is 0.00107 e. The molecule has 0 saturated carbocycles. The van der Waals surface area contributed by atoms with E-state index in [0.717, 1.165) is 6.42 Å². The molecule has 0 aliphatic heterocycles. The van der Waals surface area contributed by atoms with E-state index >= 15 is 0 Å². The molecule has 0 amide bonds. The van der Waals surface area contributed by atoms with Gasteiger partial charge in [0, 0.05) is 0 Å². The Morgan fingerprint density at radius 1 is 0.679 bits per heavy atom. The lowest BCUT2D eigenvalue weighted by atomic mass is 9.98. The molecule has 0 atom stereocenters. The number of allylic oxidation sites excluding steroid dienone is 4. The zero-order valence-corrected chi connectivity index (χ0v) is 16.8. The van der Waals surface area contributed by atoms with Gasteiger partial charge in [-0.25, -0.2) is 0 Å². The number of fused-ring (bicyclic) bond motifs is 5. The van der Waals surface area contributed by atoms with Crippen LogP contribution in [0.2, 0.25) is 0 Å². The molecule has 0 N–H and O–H groups in total. The number of benzene rings is 3. The van der Waals surface area contributed by atoms with Crippen molar-refractivity contribution in [3.8, 4) is 11.1 Å². The average molecular weight is 363 g/mol. The largest absolute Gasteiger partial charge is 0.0836 e. The monoisotopic (exact) mass is 362 g/mol. The summed E-state index contributed by atoms with van der Waals surface area (Å²) in [5.41, 5.74) is 14.9. The molecule has 3 aromatic rings. The molecule has 0 fully saturated rings. The minimum absolute atomic E-state index is 1.11. The standard InChI is InChI=1S/C15H14.C13H12/c1-10-7-8-14-13-6-4-3-5-12(13)9-15(14)11(10)2;1-3-7-12-10(5-1)9-11-6-2-4-8-13(11)12/h3-8H,9H2,1-2H3;1,3-5,7-8H,2,6,9H2. The van der Waals surface area contributed by atoms with Crippen LogP contribution in [0.5, 0.6) is 0 Å². The second-order valence-electron chi connectivity index (χ2n) is 8.16. The predicted molar refractivity (Wildman–Crippen MR) is 120 cm³/mol. The quantitative estimate of drug-likeness (QED) is 0.310. The van der Waals surface area contributed by atoms with Crippen molar-refractivity contribution in [1.82, 2.24) is 0 Å². The van der Waals surface area contributed by atoms with E-state index in [-0.39, 0.29) is 0 Å². The maximum Gasteiger partial charge on any atom is -0.00107 e. The lowest BCUT2D eigenvalue weighted by Gasteiger charge is -2.07. The van der Waals surface area contributed by atoms with Crippen molar-refractivity contribution in [2.24, 2.45) is 0 Å². The molecule has 3 aliphatic carbocycles. The Morgan fingerprint density at radius 3 is 2.21 bits per heavy atom. The van der Waals surface area contributed by atoms with Crippen molar-refractivity contribution >= 4 is 5.57 Å². The molecule has 0 unspecified atom stereocenters. The van der Waals surface area contributed by atoms with Crippen LogP contribution in [0.15, 0.2) is 78.4 Å². The van der Waals surface area contributed by atoms with Gasteiger partial charge in [-0.15, -0.1) is 0 Å². The summed E-state index contributed by atoms with van der Waals surface area (Å²) in [6.45, 7) is 4.43. The van der Waals surface area contributed by atoms with Gasteiger partial charge in [0.15, 0.2) is 0 Å². The summed E-state index contributed by atoms with van der Waals surface area (Å²) in [6, 6.07) is 22.0. The Hall–Kier alpha value is -2.86. The second-order valence-corrected chi connectivity index (χ2v) is 8.16. The Kier molecular flexibility index (Phi) is 4.28. The van der Waals surface area contributed by atoms with Crippen molar-refractivity contribution < 1.29 is 0 Å². The zero-order valence-electron chi connectivity index (χ0n) is 16.8. The van der Waals surface area contributed by atoms with Crippen LogP contribution in [0.3, 0.4) is 0 Å². The third-order valence-electron chi connectivity index (χ3n) is 6.53. The predicted octanol–water partition coefficient (Wildman–Crippen LogP) is 7.22. The van der Waals surface area contributed by atoms with E-state index in [1.807, 2.05) is 0 Å². The van der Waals surface area contributed by atoms with Crippen molar-refractivity contribution in [2.45, 2.75) is 39.5 Å². The van der Waals surface area contributed by atoms with Crippen LogP contribution in [0.25, 0.3) is 16.7 Å². The fraction of sp³-hybridized carbons (Fsp3) is 0.214. The summed E-state index contributed by atoms with van der Waals surface area (Å²) in [5.74, 6) is 0. The third kappa shape index (κ3) is 2.85. The molecule has 138 valence electrons. The van der Waals surface area contributed by atoms with Crippen LogP contribution in [0.1, 0.15) is 46.2 Å². The van der Waals surface area contributed by atoms with Gasteiger partial charge in [0.05, 0.1) is 0 Å². The maximum atomic E-state index is 2.30. The first-order valence-electron chi connectivity index (χ1n) is 10.4. The van der Waals surface area contributed by atoms with Crippen LogP contribution in [0, 0.1) is 13.8 Å². The maximum absolute atomic E-state index is 2.30. The van der Waals surface area contributed by atoms with E-state index in [2.05, 4.69) is 86.7 Å². The van der Waals surface area contributed by atoms with Crippen molar-refractivity contribution in [3.63, 3.8) is 0 Å². The van der Waals surface area contributed by atoms with Crippen molar-refractivity contribution in [1.29, 1.82) is 0 Å². The summed E-state index contributed by atoms with van der Waals surface area (Å²) < 4.78 is 0. The lowest BCUT2D eigenvalue weighted by Crippen LogP contribution is -1.89. The molecule has 0 heteroatoms. The first kappa shape index (κ1) is 17.3. The normalized spacial score (nSPS) is 15.4. The van der Waals surface area contributed by atoms with E-state index in [0.29, 0.717) is 0 Å². The molecule has 28 heavy (non-hydrogen) atoms. The van der Waals surface area contributed by atoms with Gasteiger partial charge in [0.1, 0.15) is 0 Å². The van der Waals surface area contributed by atoms with E-state index in [4.69, 9.17) is 0 Å². The van der Waals surface area contributed by atoms with Crippen molar-refractivity contribution in [2.75, 3.05) is 0 Å². The van der Waals surface area contributed by atoms with Crippen molar-refractivity contribution in [3.05, 3.63) is 112 Å². The SMILES string of the molecule is C1=CC2=C(CC1)Cc1ccccc12.Cc1ccc2c(c1C)Cc1ccccc1-2. The molecule has 0 nitrogen and oxygen atoms in total. The first-order chi connectivity index (χ1) is 13.7. The third-order valence-corrected chi connectivity index (χ3v) is 6.53. The molecule has 0 radical (unpaired) electrons. The molecule has 0 saturated heterocycles. The summed E-state index contributed by atoms with van der Waals surface area (Å²) in [4.78, 5) is 0. The zero-order chi connectivity index (χ0) is 19.1. The van der Waals surface area contributed by atoms with E-state index in [1.165, 1.54) is 69.3 Å². The summed E-state index contributed by atoms with van der Waals surface area (Å²) in [5, 5.41) is 0. The number of aryl methyl sites for hydroxylation is 1. The molecule has 3 aromatic carbocycles. The topological polar surface area (TPSA) is 0 Å². The fourth-order valence-electron chi connectivity index (χ4n) is 4.82. The summed E-state index contributed by atoms with van der Waals surface area (Å²) in [7, 11) is 0. The van der Waals surface area contributed by atoms with Crippen LogP contribution < -0.4 is 0 Å². The molecule has 0 heterocycles. The van der Waals surface area contributed by atoms with Gasteiger partial charge in [-0.1, -0.05) is 78.4 Å². The summed E-state index contributed by atoms with van der Waals surface area (Å²) in [6.07, 6.45) is 9.38. The minimum Gasteiger partial charge on any atom is -0.0836 e. The van der Waals surface area contributed by atoms with Crippen LogP contribution in [-0.4, -0.2) is 0 Å². The van der Waals surface area contributed by atoms with Gasteiger partial charge in [0.25, 0.3) is 0 Å². The fourth-order valence-corrected chi connectivity index (χ4v) is 4.82. The molecule has 0 aromatic heterocycles. The van der Waals surface area contributed by atoms with E-state index in [9.17, 15) is 0 Å². The highest BCUT2D eigenvalue weighted by Gasteiger charge is 2.20. The Balaban J connectivity index is 0.000000123. The summed E-state index contributed by atoms with van der Waals surface area (Å²) >= 11 is 0. The number of rotatable bonds is 0. The van der Waals surface area contributed by atoms with Crippen LogP contribution >= 0.6 is 0 Å². The Labute approximate surface area is 168 Å². The average Bonchev–Trinajstić information content (AvgIpc) is 3.30. The Morgan fingerprint density at radius 2 is 1.39 bits per heavy atom. The van der Waals surface area contributed by atoms with Gasteiger partial charge in [-0.3, -0.25) is 0 Å². The highest BCUT2D eigenvalue weighted by Crippen LogP contribution is 2.39. The van der Waals surface area contributed by atoms with E-state index < -0.39 is 0 Å². The molecular weight excluding hydrogens is 336 g/mol. The lowest BCUT2D eigenvalue weighted by molar-refractivity contribution is 0.935. The highest BCUT2D eigenvalue weighted by molar-refractivity contribution is 5.83. The van der Waals surface area contributed by atoms with Crippen LogP contribution in [0.4, 0.5) is 0 Å². The Bertz CT molecular complexity index is 1120. The molecular formula is C28H26. The first-order valence-corrected chi connectivity index (χ1v) is 10.4. The second kappa shape index (κ2) is 6.95. The van der Waals surface area contributed by atoms with Gasteiger partial charge < -0.3 is 0 Å². The van der Waals surface area contributed by atoms with Crippen LogP contribution in [-0.2, 0) is 12.8 Å². The number of hydrogen-bond donors (Lipinski definition) is 0. The molecule has 0 bridgehead atoms. The molecule has 6 rings (SSSR count). The van der Waals surface area contributed by atoms with Gasteiger partial charge in [-0.05, 0) is 89.6 Å². The van der Waals surface area contributed by atoms with Gasteiger partial charge in [0.2, 0.25) is 0 Å². The highest BCUT2D eigenvalue weighted by atomic mass is 14.2. The van der Waals surface area contributed by atoms with Gasteiger partial charge in [-0.2, -0.15) is 0 Å².